The third-order valence-corrected chi connectivity index (χ3v) is 7.81. The molecule has 1 unspecified atom stereocenters. The normalized spacial score (nSPS) is 13.6. The first-order chi connectivity index (χ1) is 18.6. The van der Waals surface area contributed by atoms with E-state index in [1.807, 2.05) is 0 Å². The van der Waals surface area contributed by atoms with E-state index in [4.69, 9.17) is 14.2 Å². The molecule has 0 spiro atoms. The van der Waals surface area contributed by atoms with Crippen molar-refractivity contribution in [1.29, 1.82) is 0 Å². The number of nitrogens with one attached hydrogen (secondary N) is 1. The highest BCUT2D eigenvalue weighted by Crippen LogP contribution is 2.46. The zero-order valence-corrected chi connectivity index (χ0v) is 26.0. The van der Waals surface area contributed by atoms with Crippen molar-refractivity contribution in [2.24, 2.45) is 5.41 Å². The monoisotopic (exact) mass is 533 g/mol. The fourth-order valence-corrected chi connectivity index (χ4v) is 5.75. The van der Waals surface area contributed by atoms with Crippen LogP contribution in [0.15, 0.2) is 30.3 Å². The summed E-state index contributed by atoms with van der Waals surface area (Å²) in [4.78, 5) is 0. The van der Waals surface area contributed by atoms with Crippen LogP contribution >= 0.6 is 0 Å². The molecule has 0 heterocycles. The molecule has 0 aromatic heterocycles. The Morgan fingerprint density at radius 3 is 1.39 bits per heavy atom. The molecule has 0 aliphatic carbocycles. The Morgan fingerprint density at radius 2 is 0.974 bits per heavy atom. The molecule has 38 heavy (non-hydrogen) atoms. The van der Waals surface area contributed by atoms with E-state index in [0.29, 0.717) is 19.8 Å². The molecule has 1 aromatic carbocycles. The van der Waals surface area contributed by atoms with E-state index in [1.54, 1.807) is 0 Å². The van der Waals surface area contributed by atoms with Gasteiger partial charge in [0.1, 0.15) is 0 Å². The molecule has 4 heteroatoms. The summed E-state index contributed by atoms with van der Waals surface area (Å²) in [5.41, 5.74) is 1.07. The minimum atomic E-state index is -1.01. The van der Waals surface area contributed by atoms with E-state index < -0.39 is 5.97 Å². The molecular weight excluding hydrogens is 470 g/mol. The second-order valence-electron chi connectivity index (χ2n) is 11.0. The van der Waals surface area contributed by atoms with Crippen molar-refractivity contribution in [2.75, 3.05) is 26.4 Å². The average molecular weight is 534 g/mol. The van der Waals surface area contributed by atoms with E-state index in [-0.39, 0.29) is 5.41 Å². The number of hydrogen-bond donors (Lipinski definition) is 1. The zero-order valence-electron chi connectivity index (χ0n) is 26.0. The van der Waals surface area contributed by atoms with Crippen LogP contribution in [0.1, 0.15) is 143 Å². The van der Waals surface area contributed by atoms with Gasteiger partial charge in [0.05, 0.1) is 5.41 Å². The lowest BCUT2D eigenvalue weighted by molar-refractivity contribution is -0.429. The van der Waals surface area contributed by atoms with Crippen LogP contribution in [0.3, 0.4) is 0 Å². The first kappa shape index (κ1) is 35.1. The van der Waals surface area contributed by atoms with Crippen molar-refractivity contribution in [3.05, 3.63) is 35.9 Å². The van der Waals surface area contributed by atoms with Crippen molar-refractivity contribution in [1.82, 2.24) is 5.32 Å². The summed E-state index contributed by atoms with van der Waals surface area (Å²) < 4.78 is 19.5. The molecule has 0 aliphatic heterocycles. The lowest BCUT2D eigenvalue weighted by Gasteiger charge is -2.49. The summed E-state index contributed by atoms with van der Waals surface area (Å²) in [6.07, 6.45) is 20.4. The summed E-state index contributed by atoms with van der Waals surface area (Å²) in [6.45, 7) is 14.2. The molecule has 1 aromatic rings. The van der Waals surface area contributed by atoms with Gasteiger partial charge in [-0.25, -0.2) is 0 Å². The fourth-order valence-electron chi connectivity index (χ4n) is 5.75. The van der Waals surface area contributed by atoms with Crippen molar-refractivity contribution in [2.45, 2.75) is 150 Å². The van der Waals surface area contributed by atoms with Gasteiger partial charge in [-0.3, -0.25) is 0 Å². The largest absolute Gasteiger partial charge is 0.327 e. The van der Waals surface area contributed by atoms with E-state index >= 15 is 0 Å². The topological polar surface area (TPSA) is 39.7 Å². The van der Waals surface area contributed by atoms with Crippen LogP contribution in [-0.2, 0) is 20.8 Å². The predicted molar refractivity (Wildman–Crippen MR) is 163 cm³/mol. The van der Waals surface area contributed by atoms with Gasteiger partial charge in [-0.05, 0) is 39.2 Å². The SMILES string of the molecule is CCCCCCCCCCC(CCCCCCCC)(CNCc1ccccc1)C(OCC)(OCC)OCC. The van der Waals surface area contributed by atoms with Crippen LogP contribution in [0.5, 0.6) is 0 Å². The van der Waals surface area contributed by atoms with Crippen LogP contribution in [0, 0.1) is 5.41 Å². The third-order valence-electron chi connectivity index (χ3n) is 7.81. The number of hydrogen-bond acceptors (Lipinski definition) is 4. The maximum absolute atomic E-state index is 6.51. The molecule has 0 bridgehead atoms. The molecule has 4 nitrogen and oxygen atoms in total. The lowest BCUT2D eigenvalue weighted by Crippen LogP contribution is -2.58. The van der Waals surface area contributed by atoms with Gasteiger partial charge >= 0.3 is 0 Å². The maximum Gasteiger partial charge on any atom is 0.290 e. The first-order valence-electron chi connectivity index (χ1n) is 16.3. The summed E-state index contributed by atoms with van der Waals surface area (Å²) in [6, 6.07) is 10.7. The summed E-state index contributed by atoms with van der Waals surface area (Å²) in [5, 5.41) is 3.82. The molecule has 0 fully saturated rings. The molecule has 0 saturated carbocycles. The second kappa shape index (κ2) is 22.8. The van der Waals surface area contributed by atoms with Crippen molar-refractivity contribution >= 4 is 0 Å². The molecule has 0 amide bonds. The summed E-state index contributed by atoms with van der Waals surface area (Å²) in [7, 11) is 0. The van der Waals surface area contributed by atoms with Crippen molar-refractivity contribution < 1.29 is 14.2 Å². The van der Waals surface area contributed by atoms with Gasteiger partial charge in [-0.15, -0.1) is 0 Å². The van der Waals surface area contributed by atoms with Gasteiger partial charge in [0.15, 0.2) is 0 Å². The minimum absolute atomic E-state index is 0.239. The first-order valence-corrected chi connectivity index (χ1v) is 16.3. The molecule has 1 rings (SSSR count). The molecule has 0 saturated heterocycles. The number of benzene rings is 1. The van der Waals surface area contributed by atoms with E-state index in [9.17, 15) is 0 Å². The molecule has 0 aliphatic rings. The smallest absolute Gasteiger partial charge is 0.290 e. The Labute approximate surface area is 237 Å². The van der Waals surface area contributed by atoms with Gasteiger partial charge in [0, 0.05) is 32.9 Å². The van der Waals surface area contributed by atoms with E-state index in [2.05, 4.69) is 70.3 Å². The van der Waals surface area contributed by atoms with Crippen molar-refractivity contribution in [3.63, 3.8) is 0 Å². The van der Waals surface area contributed by atoms with Crippen LogP contribution in [0.2, 0.25) is 0 Å². The quantitative estimate of drug-likeness (QED) is 0.0902. The maximum atomic E-state index is 6.51. The molecule has 222 valence electrons. The Balaban J connectivity index is 3.08. The van der Waals surface area contributed by atoms with E-state index in [0.717, 1.165) is 25.9 Å². The Bertz CT molecular complexity index is 621. The highest BCUT2D eigenvalue weighted by Gasteiger charge is 2.54. The Kier molecular flexibility index (Phi) is 21.1. The standard InChI is InChI=1S/C34H63NO3/c1-6-11-13-15-17-18-20-25-29-33(28-24-19-16-14-12-7-2,31-35-30-32-26-22-21-23-27-32)34(36-8-3,37-9-4)38-10-5/h21-23,26-27,35H,6-20,24-25,28-31H2,1-5H3. The van der Waals surface area contributed by atoms with Crippen LogP contribution < -0.4 is 5.32 Å². The summed E-state index contributed by atoms with van der Waals surface area (Å²) >= 11 is 0. The fraction of sp³-hybridized carbons (Fsp3) is 0.824. The minimum Gasteiger partial charge on any atom is -0.327 e. The van der Waals surface area contributed by atoms with Crippen molar-refractivity contribution in [3.8, 4) is 0 Å². The number of ether oxygens (including phenoxy) is 3. The Morgan fingerprint density at radius 1 is 0.553 bits per heavy atom. The third kappa shape index (κ3) is 13.4. The lowest BCUT2D eigenvalue weighted by atomic mass is 9.74. The molecular formula is C34H63NO3. The molecule has 1 N–H and O–H groups in total. The van der Waals surface area contributed by atoms with Gasteiger partial charge in [0.25, 0.3) is 5.97 Å². The van der Waals surface area contributed by atoms with E-state index in [1.165, 1.54) is 95.5 Å². The highest BCUT2D eigenvalue weighted by atomic mass is 16.9. The van der Waals surface area contributed by atoms with Gasteiger partial charge in [-0.2, -0.15) is 0 Å². The number of rotatable bonds is 27. The van der Waals surface area contributed by atoms with Crippen LogP contribution in [0.25, 0.3) is 0 Å². The average Bonchev–Trinajstić information content (AvgIpc) is 2.92. The van der Waals surface area contributed by atoms with Gasteiger partial charge in [-0.1, -0.05) is 134 Å². The van der Waals surface area contributed by atoms with Gasteiger partial charge in [0.2, 0.25) is 0 Å². The predicted octanol–water partition coefficient (Wildman–Crippen LogP) is 9.81. The molecule has 0 radical (unpaired) electrons. The van der Waals surface area contributed by atoms with Gasteiger partial charge < -0.3 is 19.5 Å². The Hall–Kier alpha value is -0.940. The second-order valence-corrected chi connectivity index (χ2v) is 11.0. The zero-order chi connectivity index (χ0) is 27.8. The summed E-state index contributed by atoms with van der Waals surface area (Å²) in [5.74, 6) is -1.01. The molecule has 1 atom stereocenters. The van der Waals surface area contributed by atoms with Crippen LogP contribution in [-0.4, -0.2) is 32.3 Å². The number of unbranched alkanes of at least 4 members (excludes halogenated alkanes) is 12. The highest BCUT2D eigenvalue weighted by molar-refractivity contribution is 5.14. The van der Waals surface area contributed by atoms with Crippen LogP contribution in [0.4, 0.5) is 0 Å².